The highest BCUT2D eigenvalue weighted by Gasteiger charge is 2.17. The quantitative estimate of drug-likeness (QED) is 0.708. The Bertz CT molecular complexity index is 437. The van der Waals surface area contributed by atoms with Gasteiger partial charge in [-0.3, -0.25) is 4.40 Å². The van der Waals surface area contributed by atoms with Crippen molar-refractivity contribution in [2.45, 2.75) is 19.1 Å². The Kier molecular flexibility index (Phi) is 2.18. The smallest absolute Gasteiger partial charge is 0.160 e. The first-order valence-corrected chi connectivity index (χ1v) is 4.43. The lowest BCUT2D eigenvalue weighted by Gasteiger charge is -2.11. The molecular formula is C9H12N4O. The van der Waals surface area contributed by atoms with Crippen molar-refractivity contribution in [3.05, 3.63) is 30.2 Å². The average Bonchev–Trinajstić information content (AvgIpc) is 2.60. The minimum Gasteiger partial charge on any atom is -0.391 e. The summed E-state index contributed by atoms with van der Waals surface area (Å²) in [5, 5.41) is 17.2. The van der Waals surface area contributed by atoms with Gasteiger partial charge in [0.05, 0.1) is 12.1 Å². The largest absolute Gasteiger partial charge is 0.391 e. The maximum Gasteiger partial charge on any atom is 0.160 e. The highest BCUT2D eigenvalue weighted by molar-refractivity contribution is 5.37. The number of aliphatic hydroxyl groups excluding tert-OH is 1. The first kappa shape index (κ1) is 9.11. The van der Waals surface area contributed by atoms with Crippen molar-refractivity contribution in [3.63, 3.8) is 0 Å². The second kappa shape index (κ2) is 3.36. The van der Waals surface area contributed by atoms with Crippen LogP contribution in [-0.4, -0.2) is 25.8 Å². The summed E-state index contributed by atoms with van der Waals surface area (Å²) in [5.74, 6) is 0.579. The molecule has 14 heavy (non-hydrogen) atoms. The minimum atomic E-state index is -0.636. The van der Waals surface area contributed by atoms with Crippen LogP contribution in [0.5, 0.6) is 0 Å². The molecule has 0 aliphatic carbocycles. The molecule has 2 rings (SSSR count). The molecule has 0 fully saturated rings. The van der Waals surface area contributed by atoms with Crippen molar-refractivity contribution in [1.29, 1.82) is 0 Å². The summed E-state index contributed by atoms with van der Waals surface area (Å²) < 4.78 is 1.78. The molecule has 0 amide bonds. The fourth-order valence-corrected chi connectivity index (χ4v) is 1.30. The number of aliphatic hydroxyl groups is 1. The van der Waals surface area contributed by atoms with Crippen LogP contribution in [-0.2, 0) is 0 Å². The van der Waals surface area contributed by atoms with E-state index in [0.717, 1.165) is 5.65 Å². The maximum absolute atomic E-state index is 9.35. The van der Waals surface area contributed by atoms with Crippen LogP contribution in [0.15, 0.2) is 24.4 Å². The molecule has 0 radical (unpaired) electrons. The molecule has 2 atom stereocenters. The summed E-state index contributed by atoms with van der Waals surface area (Å²) in [6.45, 7) is 1.63. The van der Waals surface area contributed by atoms with Crippen LogP contribution in [0.25, 0.3) is 5.65 Å². The molecular weight excluding hydrogens is 180 g/mol. The molecule has 0 aromatic carbocycles. The minimum absolute atomic E-state index is 0.507. The molecule has 2 heterocycles. The molecule has 2 unspecified atom stereocenters. The summed E-state index contributed by atoms with van der Waals surface area (Å²) in [6.07, 6.45) is 1.19. The van der Waals surface area contributed by atoms with Gasteiger partial charge >= 0.3 is 0 Å². The molecule has 5 heteroatoms. The van der Waals surface area contributed by atoms with Gasteiger partial charge in [-0.1, -0.05) is 6.07 Å². The third-order valence-electron chi connectivity index (χ3n) is 2.16. The van der Waals surface area contributed by atoms with E-state index in [2.05, 4.69) is 10.2 Å². The highest BCUT2D eigenvalue weighted by Crippen LogP contribution is 2.12. The second-order valence-corrected chi connectivity index (χ2v) is 3.25. The van der Waals surface area contributed by atoms with Gasteiger partial charge in [-0.15, -0.1) is 10.2 Å². The zero-order valence-corrected chi connectivity index (χ0v) is 7.83. The molecule has 0 aliphatic heterocycles. The van der Waals surface area contributed by atoms with Gasteiger partial charge in [-0.05, 0) is 19.1 Å². The first-order chi connectivity index (χ1) is 6.70. The van der Waals surface area contributed by atoms with Gasteiger partial charge in [0.25, 0.3) is 0 Å². The van der Waals surface area contributed by atoms with Gasteiger partial charge in [0.15, 0.2) is 11.5 Å². The van der Waals surface area contributed by atoms with Crippen molar-refractivity contribution in [3.8, 4) is 0 Å². The van der Waals surface area contributed by atoms with Crippen molar-refractivity contribution < 1.29 is 5.11 Å². The molecule has 0 saturated heterocycles. The molecule has 0 aliphatic rings. The number of nitrogens with zero attached hydrogens (tertiary/aromatic N) is 3. The van der Waals surface area contributed by atoms with E-state index in [4.69, 9.17) is 5.73 Å². The number of rotatable bonds is 2. The standard InChI is InChI=1S/C9H12N4O/c1-6(14)8(10)9-12-11-7-4-2-3-5-13(7)9/h2-6,8,14H,10H2,1H3. The molecule has 3 N–H and O–H groups in total. The summed E-state index contributed by atoms with van der Waals surface area (Å²) in [7, 11) is 0. The van der Waals surface area contributed by atoms with Gasteiger partial charge in [-0.25, -0.2) is 0 Å². The van der Waals surface area contributed by atoms with E-state index in [1.807, 2.05) is 24.4 Å². The normalized spacial score (nSPS) is 15.6. The first-order valence-electron chi connectivity index (χ1n) is 4.43. The summed E-state index contributed by atoms with van der Waals surface area (Å²) in [5.41, 5.74) is 6.51. The van der Waals surface area contributed by atoms with Gasteiger partial charge in [0, 0.05) is 6.20 Å². The third-order valence-corrected chi connectivity index (χ3v) is 2.16. The van der Waals surface area contributed by atoms with E-state index in [1.165, 1.54) is 0 Å². The van der Waals surface area contributed by atoms with Crippen molar-refractivity contribution >= 4 is 5.65 Å². The van der Waals surface area contributed by atoms with Gasteiger partial charge in [0.1, 0.15) is 0 Å². The second-order valence-electron chi connectivity index (χ2n) is 3.25. The van der Waals surface area contributed by atoms with E-state index in [-0.39, 0.29) is 0 Å². The number of pyridine rings is 1. The van der Waals surface area contributed by atoms with Crippen molar-refractivity contribution in [2.24, 2.45) is 5.73 Å². The van der Waals surface area contributed by atoms with Crippen LogP contribution in [0, 0.1) is 0 Å². The maximum atomic E-state index is 9.35. The van der Waals surface area contributed by atoms with Crippen molar-refractivity contribution in [2.75, 3.05) is 0 Å². The fraction of sp³-hybridized carbons (Fsp3) is 0.333. The third kappa shape index (κ3) is 1.36. The van der Waals surface area contributed by atoms with Crippen LogP contribution in [0.1, 0.15) is 18.8 Å². The van der Waals surface area contributed by atoms with E-state index in [9.17, 15) is 5.11 Å². The van der Waals surface area contributed by atoms with Crippen LogP contribution in [0.2, 0.25) is 0 Å². The van der Waals surface area contributed by atoms with Gasteiger partial charge < -0.3 is 10.8 Å². The lowest BCUT2D eigenvalue weighted by Crippen LogP contribution is -2.25. The highest BCUT2D eigenvalue weighted by atomic mass is 16.3. The zero-order chi connectivity index (χ0) is 10.1. The molecule has 74 valence electrons. The predicted molar refractivity (Wildman–Crippen MR) is 51.6 cm³/mol. The number of hydrogen-bond acceptors (Lipinski definition) is 4. The summed E-state index contributed by atoms with van der Waals surface area (Å²) in [4.78, 5) is 0. The Balaban J connectivity index is 2.53. The molecule has 0 bridgehead atoms. The van der Waals surface area contributed by atoms with Crippen LogP contribution < -0.4 is 5.73 Å². The SMILES string of the molecule is CC(O)C(N)c1nnc2ccccn12. The molecule has 0 spiro atoms. The Hall–Kier alpha value is -1.46. The molecule has 2 aromatic rings. The summed E-state index contributed by atoms with van der Waals surface area (Å²) in [6, 6.07) is 5.08. The van der Waals surface area contributed by atoms with Gasteiger partial charge in [0.2, 0.25) is 0 Å². The number of hydrogen-bond donors (Lipinski definition) is 2. The number of fused-ring (bicyclic) bond motifs is 1. The lowest BCUT2D eigenvalue weighted by atomic mass is 10.2. The summed E-state index contributed by atoms with van der Waals surface area (Å²) >= 11 is 0. The Labute approximate surface area is 81.2 Å². The molecule has 0 saturated carbocycles. The van der Waals surface area contributed by atoms with E-state index < -0.39 is 12.1 Å². The van der Waals surface area contributed by atoms with Crippen LogP contribution in [0.4, 0.5) is 0 Å². The lowest BCUT2D eigenvalue weighted by molar-refractivity contribution is 0.160. The molecule has 2 aromatic heterocycles. The van der Waals surface area contributed by atoms with Gasteiger partial charge in [-0.2, -0.15) is 0 Å². The Morgan fingerprint density at radius 1 is 1.43 bits per heavy atom. The fourth-order valence-electron chi connectivity index (χ4n) is 1.30. The topological polar surface area (TPSA) is 76.4 Å². The van der Waals surface area contributed by atoms with Crippen LogP contribution >= 0.6 is 0 Å². The van der Waals surface area contributed by atoms with E-state index >= 15 is 0 Å². The number of aromatic nitrogens is 3. The monoisotopic (exact) mass is 192 g/mol. The zero-order valence-electron chi connectivity index (χ0n) is 7.83. The van der Waals surface area contributed by atoms with E-state index in [0.29, 0.717) is 5.82 Å². The Morgan fingerprint density at radius 2 is 2.21 bits per heavy atom. The van der Waals surface area contributed by atoms with Crippen molar-refractivity contribution in [1.82, 2.24) is 14.6 Å². The van der Waals surface area contributed by atoms with Crippen LogP contribution in [0.3, 0.4) is 0 Å². The molecule has 5 nitrogen and oxygen atoms in total. The number of nitrogens with two attached hydrogens (primary N) is 1. The predicted octanol–water partition coefficient (Wildman–Crippen LogP) is 0.110. The Morgan fingerprint density at radius 3 is 2.93 bits per heavy atom. The van der Waals surface area contributed by atoms with E-state index in [1.54, 1.807) is 11.3 Å². The average molecular weight is 192 g/mol.